The number of hydrogen-bond acceptors (Lipinski definition) is 5. The summed E-state index contributed by atoms with van der Waals surface area (Å²) < 4.78 is 32.3. The van der Waals surface area contributed by atoms with Gasteiger partial charge in [0.1, 0.15) is 5.75 Å². The number of ether oxygens (including phenoxy) is 1. The Bertz CT molecular complexity index is 526. The zero-order chi connectivity index (χ0) is 19.7. The highest BCUT2D eigenvalue weighted by atomic mass is 32.2. The molecule has 1 aromatic rings. The summed E-state index contributed by atoms with van der Waals surface area (Å²) >= 11 is 0. The Balaban J connectivity index is 0.00000194. The third-order valence-electron chi connectivity index (χ3n) is 3.63. The van der Waals surface area contributed by atoms with Gasteiger partial charge < -0.3 is 9.84 Å². The van der Waals surface area contributed by atoms with Gasteiger partial charge in [0.15, 0.2) is 0 Å². The van der Waals surface area contributed by atoms with E-state index >= 15 is 0 Å². The van der Waals surface area contributed by atoms with Crippen molar-refractivity contribution in [2.24, 2.45) is 0 Å². The molecule has 6 heteroatoms. The Morgan fingerprint density at radius 2 is 1.38 bits per heavy atom. The van der Waals surface area contributed by atoms with Crippen LogP contribution in [-0.2, 0) is 20.9 Å². The molecule has 0 saturated carbocycles. The molecule has 0 atom stereocenters. The molecular formula is C20H36O5S. The lowest BCUT2D eigenvalue weighted by atomic mass is 10.1. The summed E-state index contributed by atoms with van der Waals surface area (Å²) in [5.41, 5.74) is 0.815. The van der Waals surface area contributed by atoms with E-state index in [1.165, 1.54) is 44.9 Å². The fourth-order valence-electron chi connectivity index (χ4n) is 2.28. The van der Waals surface area contributed by atoms with E-state index in [-0.39, 0.29) is 13.2 Å². The minimum Gasteiger partial charge on any atom is -0.494 e. The lowest BCUT2D eigenvalue weighted by molar-refractivity contribution is 0.302. The molecule has 0 spiro atoms. The average molecular weight is 389 g/mol. The number of unbranched alkanes of at least 4 members (excludes halogenated alkanes) is 7. The van der Waals surface area contributed by atoms with Crippen molar-refractivity contribution >= 4 is 10.1 Å². The second-order valence-electron chi connectivity index (χ2n) is 6.25. The first-order valence-corrected chi connectivity index (χ1v) is 11.4. The maximum absolute atomic E-state index is 10.9. The van der Waals surface area contributed by atoms with E-state index in [0.717, 1.165) is 30.6 Å². The number of rotatable bonds is 13. The van der Waals surface area contributed by atoms with Crippen LogP contribution in [0.15, 0.2) is 24.3 Å². The highest BCUT2D eigenvalue weighted by molar-refractivity contribution is 7.85. The molecule has 0 unspecified atom stereocenters. The van der Waals surface area contributed by atoms with Crippen molar-refractivity contribution in [3.8, 4) is 5.75 Å². The molecule has 26 heavy (non-hydrogen) atoms. The molecule has 0 aliphatic rings. The number of aliphatic hydroxyl groups excluding tert-OH is 1. The first-order valence-electron chi connectivity index (χ1n) is 9.60. The van der Waals surface area contributed by atoms with Gasteiger partial charge in [0.05, 0.1) is 19.5 Å². The molecule has 1 N–H and O–H groups in total. The van der Waals surface area contributed by atoms with Gasteiger partial charge in [0.2, 0.25) is 0 Å². The summed E-state index contributed by atoms with van der Waals surface area (Å²) in [5.74, 6) is 0.816. The predicted molar refractivity (Wildman–Crippen MR) is 107 cm³/mol. The molecule has 5 nitrogen and oxygen atoms in total. The van der Waals surface area contributed by atoms with Crippen LogP contribution >= 0.6 is 0 Å². The fourth-order valence-corrected chi connectivity index (χ4v) is 2.63. The van der Waals surface area contributed by atoms with Gasteiger partial charge in [-0.3, -0.25) is 4.18 Å². The van der Waals surface area contributed by atoms with E-state index in [1.54, 1.807) is 6.92 Å². The van der Waals surface area contributed by atoms with Gasteiger partial charge >= 0.3 is 0 Å². The van der Waals surface area contributed by atoms with Crippen LogP contribution in [0.4, 0.5) is 0 Å². The number of benzene rings is 1. The highest BCUT2D eigenvalue weighted by Gasteiger charge is 2.03. The Morgan fingerprint density at radius 3 is 1.88 bits per heavy atom. The summed E-state index contributed by atoms with van der Waals surface area (Å²) in [6.45, 7) is 4.97. The maximum Gasteiger partial charge on any atom is 0.264 e. The van der Waals surface area contributed by atoms with Gasteiger partial charge in [-0.2, -0.15) is 8.42 Å². The Hall–Kier alpha value is -1.11. The van der Waals surface area contributed by atoms with Crippen molar-refractivity contribution in [1.82, 2.24) is 0 Å². The van der Waals surface area contributed by atoms with E-state index in [2.05, 4.69) is 6.92 Å². The Kier molecular flexibility index (Phi) is 15.4. The lowest BCUT2D eigenvalue weighted by Crippen LogP contribution is -2.02. The molecule has 0 aromatic heterocycles. The van der Waals surface area contributed by atoms with E-state index in [1.807, 2.05) is 24.3 Å². The van der Waals surface area contributed by atoms with Gasteiger partial charge in [-0.05, 0) is 31.0 Å². The quantitative estimate of drug-likeness (QED) is 0.392. The zero-order valence-electron chi connectivity index (χ0n) is 16.6. The first kappa shape index (κ1) is 24.9. The second kappa shape index (κ2) is 16.1. The summed E-state index contributed by atoms with van der Waals surface area (Å²) in [6.07, 6.45) is 11.3. The molecule has 0 saturated heterocycles. The van der Waals surface area contributed by atoms with E-state index in [9.17, 15) is 8.42 Å². The van der Waals surface area contributed by atoms with Gasteiger partial charge in [-0.1, -0.05) is 64.0 Å². The van der Waals surface area contributed by atoms with E-state index in [4.69, 9.17) is 14.0 Å². The third-order valence-corrected chi connectivity index (χ3v) is 4.18. The topological polar surface area (TPSA) is 72.8 Å². The monoisotopic (exact) mass is 388 g/mol. The third kappa shape index (κ3) is 16.4. The SMILES string of the molecule is CCCCCCCCCCOc1ccc(COS(C)(=O)=O)cc1.CCO. The minimum absolute atomic E-state index is 0.0666. The highest BCUT2D eigenvalue weighted by Crippen LogP contribution is 2.14. The molecule has 1 rings (SSSR count). The van der Waals surface area contributed by atoms with Gasteiger partial charge in [0.25, 0.3) is 10.1 Å². The smallest absolute Gasteiger partial charge is 0.264 e. The van der Waals surface area contributed by atoms with Crippen LogP contribution in [0, 0.1) is 0 Å². The first-order chi connectivity index (χ1) is 12.4. The lowest BCUT2D eigenvalue weighted by Gasteiger charge is -2.07. The zero-order valence-corrected chi connectivity index (χ0v) is 17.4. The van der Waals surface area contributed by atoms with Crippen molar-refractivity contribution in [2.45, 2.75) is 71.8 Å². The van der Waals surface area contributed by atoms with Crippen LogP contribution in [-0.4, -0.2) is 33.0 Å². The molecule has 0 fully saturated rings. The average Bonchev–Trinajstić information content (AvgIpc) is 2.59. The number of aliphatic hydroxyl groups is 1. The normalized spacial score (nSPS) is 10.9. The molecular weight excluding hydrogens is 352 g/mol. The Labute approximate surface area is 159 Å². The van der Waals surface area contributed by atoms with Gasteiger partial charge in [0, 0.05) is 6.61 Å². The summed E-state index contributed by atoms with van der Waals surface area (Å²) in [5, 5.41) is 7.57. The summed E-state index contributed by atoms with van der Waals surface area (Å²) in [7, 11) is -3.39. The van der Waals surface area contributed by atoms with Crippen LogP contribution in [0.5, 0.6) is 5.75 Å². The Morgan fingerprint density at radius 1 is 0.885 bits per heavy atom. The molecule has 0 aliphatic carbocycles. The second-order valence-corrected chi connectivity index (χ2v) is 7.89. The molecule has 0 radical (unpaired) electrons. The molecule has 0 amide bonds. The summed E-state index contributed by atoms with van der Waals surface area (Å²) in [6, 6.07) is 7.36. The fraction of sp³-hybridized carbons (Fsp3) is 0.700. The van der Waals surface area contributed by atoms with Crippen LogP contribution in [0.1, 0.15) is 70.8 Å². The van der Waals surface area contributed by atoms with Gasteiger partial charge in [-0.15, -0.1) is 0 Å². The van der Waals surface area contributed by atoms with Crippen molar-refractivity contribution in [3.05, 3.63) is 29.8 Å². The standard InChI is InChI=1S/C18H30O4S.C2H6O/c1-3-4-5-6-7-8-9-10-15-21-18-13-11-17(12-14-18)16-22-23(2,19)20;1-2-3/h11-14H,3-10,15-16H2,1-2H3;3H,2H2,1H3. The predicted octanol–water partition coefficient (Wildman–Crippen LogP) is 4.68. The number of hydrogen-bond donors (Lipinski definition) is 1. The van der Waals surface area contributed by atoms with Crippen LogP contribution < -0.4 is 4.74 Å². The van der Waals surface area contributed by atoms with Crippen LogP contribution in [0.2, 0.25) is 0 Å². The van der Waals surface area contributed by atoms with Gasteiger partial charge in [-0.25, -0.2) is 0 Å². The maximum atomic E-state index is 10.9. The van der Waals surface area contributed by atoms with Crippen LogP contribution in [0.25, 0.3) is 0 Å². The molecule has 0 aliphatic heterocycles. The van der Waals surface area contributed by atoms with E-state index < -0.39 is 10.1 Å². The molecule has 1 aromatic carbocycles. The largest absolute Gasteiger partial charge is 0.494 e. The molecule has 0 bridgehead atoms. The van der Waals surface area contributed by atoms with Crippen molar-refractivity contribution < 1.29 is 22.4 Å². The van der Waals surface area contributed by atoms with E-state index in [0.29, 0.717) is 0 Å². The summed E-state index contributed by atoms with van der Waals surface area (Å²) in [4.78, 5) is 0. The minimum atomic E-state index is -3.39. The van der Waals surface area contributed by atoms with Crippen LogP contribution in [0.3, 0.4) is 0 Å². The van der Waals surface area contributed by atoms with Crippen molar-refractivity contribution in [2.75, 3.05) is 19.5 Å². The molecule has 152 valence electrons. The molecule has 0 heterocycles. The van der Waals surface area contributed by atoms with Crippen molar-refractivity contribution in [3.63, 3.8) is 0 Å². The van der Waals surface area contributed by atoms with Crippen molar-refractivity contribution in [1.29, 1.82) is 0 Å².